The summed E-state index contributed by atoms with van der Waals surface area (Å²) in [4.78, 5) is 49.7. The van der Waals surface area contributed by atoms with Crippen molar-refractivity contribution in [1.82, 2.24) is 0 Å². The van der Waals surface area contributed by atoms with Gasteiger partial charge in [-0.05, 0) is 66.2 Å². The number of fused-ring (bicyclic) bond motifs is 4. The van der Waals surface area contributed by atoms with Crippen LogP contribution in [0.5, 0.6) is 5.75 Å². The number of thiophene rings is 2. The predicted molar refractivity (Wildman–Crippen MR) is 260 cm³/mol. The highest BCUT2D eigenvalue weighted by Crippen LogP contribution is 2.41. The van der Waals surface area contributed by atoms with Gasteiger partial charge in [-0.2, -0.15) is 0 Å². The summed E-state index contributed by atoms with van der Waals surface area (Å²) in [5.74, 6) is -1.86. The van der Waals surface area contributed by atoms with Gasteiger partial charge >= 0.3 is 11.9 Å². The van der Waals surface area contributed by atoms with Crippen LogP contribution < -0.4 is 15.4 Å². The summed E-state index contributed by atoms with van der Waals surface area (Å²) in [6.45, 7) is 0.368. The summed E-state index contributed by atoms with van der Waals surface area (Å²) in [5.41, 5.74) is 4.01. The molecule has 0 fully saturated rings. The number of hydrogen-bond donors (Lipinski definition) is 4. The molecule has 0 unspecified atom stereocenters. The van der Waals surface area contributed by atoms with Crippen LogP contribution in [-0.2, 0) is 6.61 Å². The van der Waals surface area contributed by atoms with Gasteiger partial charge in [-0.3, -0.25) is 9.59 Å². The SMILES string of the molecule is O=C(Nc1scc(-c2cc3ccc(Br)cc3o2)c1C(=O)O)c1cc2ccccc2o1.O=C(Nc1scc(-c2cc3cccc(OCc4ccccc4)c3o2)c1C(=O)O)c1cc2ccccc2o1. The Morgan fingerprint density at radius 3 is 1.64 bits per heavy atom. The fraction of sp³-hybridized carbons (Fsp3) is 0.0196. The molecule has 5 aromatic carbocycles. The Morgan fingerprint density at radius 2 is 1.06 bits per heavy atom. The second-order valence-electron chi connectivity index (χ2n) is 14.9. The van der Waals surface area contributed by atoms with Crippen molar-refractivity contribution in [3.8, 4) is 28.4 Å². The number of anilines is 2. The molecule has 16 heteroatoms. The molecule has 0 atom stereocenters. The number of aromatic carboxylic acids is 2. The Bertz CT molecular complexity index is 3620. The third-order valence-corrected chi connectivity index (χ3v) is 12.8. The summed E-state index contributed by atoms with van der Waals surface area (Å²) in [6.07, 6.45) is 0. The van der Waals surface area contributed by atoms with Gasteiger partial charge in [0.15, 0.2) is 22.9 Å². The second kappa shape index (κ2) is 18.0. The van der Waals surface area contributed by atoms with Gasteiger partial charge < -0.3 is 43.3 Å². The van der Waals surface area contributed by atoms with E-state index in [0.717, 1.165) is 54.3 Å². The van der Waals surface area contributed by atoms with E-state index in [0.29, 0.717) is 57.3 Å². The van der Waals surface area contributed by atoms with Gasteiger partial charge in [0.25, 0.3) is 11.8 Å². The molecule has 11 rings (SSSR count). The zero-order chi connectivity index (χ0) is 46.2. The average molecular weight is 992 g/mol. The Labute approximate surface area is 394 Å². The number of amides is 2. The lowest BCUT2D eigenvalue weighted by atomic mass is 10.1. The molecule has 0 aliphatic carbocycles. The van der Waals surface area contributed by atoms with Crippen LogP contribution in [0.4, 0.5) is 10.0 Å². The normalized spacial score (nSPS) is 11.2. The molecule has 0 aliphatic rings. The Morgan fingerprint density at radius 1 is 0.537 bits per heavy atom. The highest BCUT2D eigenvalue weighted by atomic mass is 79.9. The minimum absolute atomic E-state index is 0.0254. The highest BCUT2D eigenvalue weighted by molar-refractivity contribution is 9.10. The van der Waals surface area contributed by atoms with Crippen LogP contribution in [0, 0.1) is 0 Å². The van der Waals surface area contributed by atoms with Crippen LogP contribution in [0.2, 0.25) is 0 Å². The molecule has 0 aliphatic heterocycles. The first-order valence-corrected chi connectivity index (χ1v) is 22.8. The topological polar surface area (TPSA) is 195 Å². The zero-order valence-electron chi connectivity index (χ0n) is 34.4. The summed E-state index contributed by atoms with van der Waals surface area (Å²) >= 11 is 5.62. The van der Waals surface area contributed by atoms with Crippen molar-refractivity contribution in [3.63, 3.8) is 0 Å². The minimum atomic E-state index is -1.18. The fourth-order valence-electron chi connectivity index (χ4n) is 7.36. The number of halogens is 1. The number of rotatable bonds is 11. The van der Waals surface area contributed by atoms with E-state index in [-0.39, 0.29) is 32.6 Å². The summed E-state index contributed by atoms with van der Waals surface area (Å²) < 4.78 is 30.0. The van der Waals surface area contributed by atoms with Crippen LogP contribution >= 0.6 is 38.6 Å². The van der Waals surface area contributed by atoms with Gasteiger partial charge in [-0.15, -0.1) is 22.7 Å². The largest absolute Gasteiger partial charge is 0.485 e. The van der Waals surface area contributed by atoms with Crippen LogP contribution in [0.1, 0.15) is 47.4 Å². The maximum atomic E-state index is 12.8. The van der Waals surface area contributed by atoms with Gasteiger partial charge in [0, 0.05) is 47.9 Å². The van der Waals surface area contributed by atoms with Gasteiger partial charge in [0.2, 0.25) is 0 Å². The summed E-state index contributed by atoms with van der Waals surface area (Å²) in [5, 5.41) is 32.0. The number of ether oxygens (including phenoxy) is 1. The van der Waals surface area contributed by atoms with E-state index in [9.17, 15) is 29.4 Å². The van der Waals surface area contributed by atoms with Gasteiger partial charge in [0.05, 0.1) is 0 Å². The molecule has 0 saturated heterocycles. The predicted octanol–water partition coefficient (Wildman–Crippen LogP) is 14.1. The Hall–Kier alpha value is -8.18. The molecule has 330 valence electrons. The van der Waals surface area contributed by atoms with E-state index in [1.54, 1.807) is 47.2 Å². The molecule has 6 heterocycles. The maximum Gasteiger partial charge on any atom is 0.339 e. The Kier molecular flexibility index (Phi) is 11.5. The first-order chi connectivity index (χ1) is 32.6. The molecule has 0 radical (unpaired) electrons. The number of furan rings is 4. The zero-order valence-corrected chi connectivity index (χ0v) is 37.6. The number of benzene rings is 5. The van der Waals surface area contributed by atoms with Crippen LogP contribution in [0.3, 0.4) is 0 Å². The molecule has 2 amide bonds. The van der Waals surface area contributed by atoms with E-state index in [4.69, 9.17) is 22.4 Å². The van der Waals surface area contributed by atoms with E-state index < -0.39 is 23.8 Å². The molecule has 13 nitrogen and oxygen atoms in total. The number of carbonyl (C=O) groups excluding carboxylic acids is 2. The van der Waals surface area contributed by atoms with Gasteiger partial charge in [0.1, 0.15) is 56.0 Å². The van der Waals surface area contributed by atoms with Crippen LogP contribution in [0.15, 0.2) is 172 Å². The lowest BCUT2D eigenvalue weighted by Gasteiger charge is -2.06. The maximum absolute atomic E-state index is 12.8. The number of hydrogen-bond acceptors (Lipinski definition) is 11. The first-order valence-electron chi connectivity index (χ1n) is 20.2. The minimum Gasteiger partial charge on any atom is -0.485 e. The van der Waals surface area contributed by atoms with Crippen molar-refractivity contribution in [2.75, 3.05) is 10.6 Å². The van der Waals surface area contributed by atoms with Crippen molar-refractivity contribution in [1.29, 1.82) is 0 Å². The van der Waals surface area contributed by atoms with Crippen molar-refractivity contribution in [2.45, 2.75) is 6.61 Å². The number of para-hydroxylation sites is 3. The molecule has 4 N–H and O–H groups in total. The third kappa shape index (κ3) is 8.71. The van der Waals surface area contributed by atoms with E-state index >= 15 is 0 Å². The number of carbonyl (C=O) groups is 4. The fourth-order valence-corrected chi connectivity index (χ4v) is 9.57. The van der Waals surface area contributed by atoms with Crippen molar-refractivity contribution in [2.24, 2.45) is 0 Å². The third-order valence-electron chi connectivity index (χ3n) is 10.5. The molecule has 0 saturated carbocycles. The monoisotopic (exact) mass is 990 g/mol. The molecule has 6 aromatic heterocycles. The highest BCUT2D eigenvalue weighted by Gasteiger charge is 2.27. The number of nitrogens with one attached hydrogen (secondary N) is 2. The lowest BCUT2D eigenvalue weighted by Crippen LogP contribution is -2.12. The van der Waals surface area contributed by atoms with Crippen LogP contribution in [0.25, 0.3) is 66.5 Å². The number of carboxylic acid groups (broad SMARTS) is 2. The standard InChI is InChI=1S/C29H19NO6S.C22H12BrNO5S/c31-27(24-13-18-9-4-5-11-21(18)35-24)30-28-25(29(32)33)20(16-37-28)23-14-19-10-6-12-22(26(19)36-23)34-15-17-7-2-1-3-8-17;23-13-6-5-12-7-17(29-16(12)9-13)14-10-30-21(19(14)22(26)27)24-20(25)18-8-11-3-1-2-4-15(11)28-18/h1-14,16H,15H2,(H,30,31)(H,32,33);1-10H,(H,24,25)(H,26,27). The van der Waals surface area contributed by atoms with Crippen molar-refractivity contribution < 1.29 is 51.8 Å². The molecule has 11 aromatic rings. The smallest absolute Gasteiger partial charge is 0.339 e. The lowest BCUT2D eigenvalue weighted by molar-refractivity contribution is 0.0688. The first kappa shape index (κ1) is 42.8. The number of carboxylic acids is 2. The second-order valence-corrected chi connectivity index (χ2v) is 17.5. The molecular weight excluding hydrogens is 961 g/mol. The summed E-state index contributed by atoms with van der Waals surface area (Å²) in [6, 6.07) is 42.2. The van der Waals surface area contributed by atoms with Crippen molar-refractivity contribution in [3.05, 3.63) is 183 Å². The van der Waals surface area contributed by atoms with Gasteiger partial charge in [-0.25, -0.2) is 9.59 Å². The van der Waals surface area contributed by atoms with Crippen LogP contribution in [-0.4, -0.2) is 34.0 Å². The van der Waals surface area contributed by atoms with E-state index in [1.165, 1.54) is 0 Å². The van der Waals surface area contributed by atoms with Gasteiger partial charge in [-0.1, -0.05) is 94.8 Å². The molecular formula is C51H31BrN2O11S2. The van der Waals surface area contributed by atoms with E-state index in [2.05, 4.69) is 26.6 Å². The molecule has 67 heavy (non-hydrogen) atoms. The van der Waals surface area contributed by atoms with E-state index in [1.807, 2.05) is 103 Å². The summed E-state index contributed by atoms with van der Waals surface area (Å²) in [7, 11) is 0. The quantitative estimate of drug-likeness (QED) is 0.0963. The Balaban J connectivity index is 0.000000160. The molecule has 0 spiro atoms. The molecule has 0 bridgehead atoms. The van der Waals surface area contributed by atoms with Crippen molar-refractivity contribution >= 4 is 116 Å². The average Bonchev–Trinajstić information content (AvgIpc) is 4.19.